The highest BCUT2D eigenvalue weighted by atomic mass is 79.9. The van der Waals surface area contributed by atoms with Crippen LogP contribution in [0.15, 0.2) is 40.9 Å². The number of carbonyl (C=O) groups is 1. The fourth-order valence-corrected chi connectivity index (χ4v) is 1.91. The van der Waals surface area contributed by atoms with Crippen LogP contribution in [0.25, 0.3) is 0 Å². The number of halogens is 2. The number of nitrogens with zero attached hydrogens (tertiary/aromatic N) is 1. The fraction of sp³-hybridized carbons (Fsp3) is 0. The summed E-state index contributed by atoms with van der Waals surface area (Å²) in [4.78, 5) is 22.1. The van der Waals surface area contributed by atoms with Crippen molar-refractivity contribution < 1.29 is 14.1 Å². The molecule has 3 N–H and O–H groups in total. The number of nitro benzene ring substituents is 1. The number of nitrogen functional groups attached to an aromatic ring is 1. The van der Waals surface area contributed by atoms with Crippen molar-refractivity contribution in [3.63, 3.8) is 0 Å². The number of carbonyl (C=O) groups excluding carboxylic acids is 1. The first-order valence-electron chi connectivity index (χ1n) is 5.69. The zero-order valence-electron chi connectivity index (χ0n) is 10.5. The molecule has 0 unspecified atom stereocenters. The highest BCUT2D eigenvalue weighted by molar-refractivity contribution is 9.10. The molecule has 0 spiro atoms. The van der Waals surface area contributed by atoms with Crippen LogP contribution in [-0.4, -0.2) is 10.8 Å². The highest BCUT2D eigenvalue weighted by Gasteiger charge is 2.20. The molecule has 0 aliphatic rings. The number of benzene rings is 2. The van der Waals surface area contributed by atoms with Gasteiger partial charge in [0.25, 0.3) is 11.6 Å². The van der Waals surface area contributed by atoms with E-state index < -0.39 is 28.0 Å². The quantitative estimate of drug-likeness (QED) is 0.502. The first-order valence-corrected chi connectivity index (χ1v) is 6.48. The molecule has 2 aromatic rings. The van der Waals surface area contributed by atoms with E-state index in [4.69, 9.17) is 5.73 Å². The topological polar surface area (TPSA) is 98.3 Å². The van der Waals surface area contributed by atoms with Crippen LogP contribution in [0.2, 0.25) is 0 Å². The van der Waals surface area contributed by atoms with Gasteiger partial charge in [0.1, 0.15) is 0 Å². The van der Waals surface area contributed by atoms with Crippen molar-refractivity contribution in [2.75, 3.05) is 11.1 Å². The fourth-order valence-electron chi connectivity index (χ4n) is 1.66. The second kappa shape index (κ2) is 5.88. The number of para-hydroxylation sites is 1. The van der Waals surface area contributed by atoms with E-state index in [2.05, 4.69) is 21.2 Å². The summed E-state index contributed by atoms with van der Waals surface area (Å²) in [5.41, 5.74) is 5.14. The normalized spacial score (nSPS) is 10.2. The van der Waals surface area contributed by atoms with Crippen LogP contribution < -0.4 is 11.1 Å². The SMILES string of the molecule is Nc1cc(C(=O)Nc2c(F)cccc2[N+](=O)[O-])ccc1Br. The number of anilines is 2. The van der Waals surface area contributed by atoms with Crippen molar-refractivity contribution in [2.45, 2.75) is 0 Å². The lowest BCUT2D eigenvalue weighted by molar-refractivity contribution is -0.384. The van der Waals surface area contributed by atoms with Crippen LogP contribution in [0, 0.1) is 15.9 Å². The Morgan fingerprint density at radius 3 is 2.67 bits per heavy atom. The minimum absolute atomic E-state index is 0.160. The number of amides is 1. The minimum Gasteiger partial charge on any atom is -0.398 e. The lowest BCUT2D eigenvalue weighted by Gasteiger charge is -2.08. The van der Waals surface area contributed by atoms with Crippen LogP contribution in [0.1, 0.15) is 10.4 Å². The third kappa shape index (κ3) is 3.16. The summed E-state index contributed by atoms with van der Waals surface area (Å²) < 4.78 is 14.3. The molecule has 2 rings (SSSR count). The summed E-state index contributed by atoms with van der Waals surface area (Å²) in [6, 6.07) is 7.72. The predicted octanol–water partition coefficient (Wildman–Crippen LogP) is 3.33. The van der Waals surface area contributed by atoms with Crippen molar-refractivity contribution in [3.05, 3.63) is 62.4 Å². The van der Waals surface area contributed by atoms with E-state index in [1.165, 1.54) is 18.2 Å². The van der Waals surface area contributed by atoms with E-state index in [1.54, 1.807) is 6.07 Å². The van der Waals surface area contributed by atoms with Crippen molar-refractivity contribution >= 4 is 38.9 Å². The summed E-state index contributed by atoms with van der Waals surface area (Å²) in [7, 11) is 0. The molecule has 0 saturated heterocycles. The number of hydrogen-bond acceptors (Lipinski definition) is 4. The van der Waals surface area contributed by atoms with Gasteiger partial charge in [-0.25, -0.2) is 4.39 Å². The van der Waals surface area contributed by atoms with Gasteiger partial charge in [-0.3, -0.25) is 14.9 Å². The molecule has 0 aromatic heterocycles. The van der Waals surface area contributed by atoms with Gasteiger partial charge in [0.2, 0.25) is 0 Å². The third-order valence-electron chi connectivity index (χ3n) is 2.69. The van der Waals surface area contributed by atoms with Crippen LogP contribution in [0.5, 0.6) is 0 Å². The van der Waals surface area contributed by atoms with Crippen molar-refractivity contribution in [2.24, 2.45) is 0 Å². The maximum atomic E-state index is 13.7. The molecule has 21 heavy (non-hydrogen) atoms. The molecule has 0 saturated carbocycles. The smallest absolute Gasteiger partial charge is 0.295 e. The van der Waals surface area contributed by atoms with Crippen LogP contribution in [0.3, 0.4) is 0 Å². The highest BCUT2D eigenvalue weighted by Crippen LogP contribution is 2.28. The molecule has 0 atom stereocenters. The van der Waals surface area contributed by atoms with E-state index in [1.807, 2.05) is 0 Å². The predicted molar refractivity (Wildman–Crippen MR) is 79.6 cm³/mol. The Hall–Kier alpha value is -2.48. The first kappa shape index (κ1) is 14.9. The van der Waals surface area contributed by atoms with Gasteiger partial charge in [0, 0.05) is 21.8 Å². The monoisotopic (exact) mass is 353 g/mol. The Morgan fingerprint density at radius 1 is 1.33 bits per heavy atom. The molecular formula is C13H9BrFN3O3. The molecule has 0 aliphatic heterocycles. The lowest BCUT2D eigenvalue weighted by Crippen LogP contribution is -2.14. The van der Waals surface area contributed by atoms with Crippen molar-refractivity contribution in [3.8, 4) is 0 Å². The van der Waals surface area contributed by atoms with E-state index in [0.717, 1.165) is 12.1 Å². The Morgan fingerprint density at radius 2 is 2.05 bits per heavy atom. The average Bonchev–Trinajstić information content (AvgIpc) is 2.43. The summed E-state index contributed by atoms with van der Waals surface area (Å²) in [6.45, 7) is 0. The van der Waals surface area contributed by atoms with E-state index in [-0.39, 0.29) is 5.56 Å². The molecule has 0 bridgehead atoms. The second-order valence-electron chi connectivity index (χ2n) is 4.08. The molecule has 1 amide bonds. The number of nitro groups is 1. The van der Waals surface area contributed by atoms with Crippen LogP contribution >= 0.6 is 15.9 Å². The molecule has 0 heterocycles. The Kier molecular flexibility index (Phi) is 4.18. The summed E-state index contributed by atoms with van der Waals surface area (Å²) in [6.07, 6.45) is 0. The summed E-state index contributed by atoms with van der Waals surface area (Å²) >= 11 is 3.18. The molecule has 2 aromatic carbocycles. The maximum absolute atomic E-state index is 13.7. The summed E-state index contributed by atoms with van der Waals surface area (Å²) in [5.74, 6) is -1.58. The summed E-state index contributed by atoms with van der Waals surface area (Å²) in [5, 5.41) is 13.0. The third-order valence-corrected chi connectivity index (χ3v) is 3.41. The van der Waals surface area contributed by atoms with Gasteiger partial charge in [-0.15, -0.1) is 0 Å². The van der Waals surface area contributed by atoms with E-state index >= 15 is 0 Å². The number of rotatable bonds is 3. The van der Waals surface area contributed by atoms with Crippen molar-refractivity contribution in [1.29, 1.82) is 0 Å². The van der Waals surface area contributed by atoms with E-state index in [9.17, 15) is 19.3 Å². The molecule has 8 heteroatoms. The second-order valence-corrected chi connectivity index (χ2v) is 4.94. The Balaban J connectivity index is 2.36. The van der Waals surface area contributed by atoms with Crippen molar-refractivity contribution in [1.82, 2.24) is 0 Å². The van der Waals surface area contributed by atoms with Gasteiger partial charge < -0.3 is 11.1 Å². The average molecular weight is 354 g/mol. The standard InChI is InChI=1S/C13H9BrFN3O3/c14-8-5-4-7(6-10(8)16)13(19)17-12-9(15)2-1-3-11(12)18(20)21/h1-6H,16H2,(H,17,19). The number of hydrogen-bond donors (Lipinski definition) is 2. The molecule has 108 valence electrons. The zero-order valence-corrected chi connectivity index (χ0v) is 12.1. The van der Waals surface area contributed by atoms with Gasteiger partial charge in [0.15, 0.2) is 11.5 Å². The molecule has 6 nitrogen and oxygen atoms in total. The maximum Gasteiger partial charge on any atom is 0.295 e. The largest absolute Gasteiger partial charge is 0.398 e. The van der Waals surface area contributed by atoms with Gasteiger partial charge >= 0.3 is 0 Å². The Labute approximate surface area is 127 Å². The van der Waals surface area contributed by atoms with Crippen LogP contribution in [0.4, 0.5) is 21.5 Å². The zero-order chi connectivity index (χ0) is 15.6. The number of nitrogens with one attached hydrogen (secondary N) is 1. The molecule has 0 aliphatic carbocycles. The molecular weight excluding hydrogens is 345 g/mol. The number of nitrogens with two attached hydrogens (primary N) is 1. The van der Waals surface area contributed by atoms with Gasteiger partial charge in [-0.05, 0) is 40.2 Å². The molecule has 0 radical (unpaired) electrons. The van der Waals surface area contributed by atoms with Gasteiger partial charge in [-0.1, -0.05) is 6.07 Å². The molecule has 0 fully saturated rings. The van der Waals surface area contributed by atoms with Gasteiger partial charge in [0.05, 0.1) is 4.92 Å². The Bertz CT molecular complexity index is 737. The first-order chi connectivity index (χ1) is 9.90. The van der Waals surface area contributed by atoms with E-state index in [0.29, 0.717) is 10.2 Å². The lowest BCUT2D eigenvalue weighted by atomic mass is 10.1. The minimum atomic E-state index is -0.886. The van der Waals surface area contributed by atoms with Gasteiger partial charge in [-0.2, -0.15) is 0 Å². The van der Waals surface area contributed by atoms with Crippen LogP contribution in [-0.2, 0) is 0 Å².